The van der Waals surface area contributed by atoms with Crippen molar-refractivity contribution in [2.45, 2.75) is 19.4 Å². The Morgan fingerprint density at radius 3 is 2.53 bits per heavy atom. The lowest BCUT2D eigenvalue weighted by atomic mass is 10.1. The molecule has 15 heavy (non-hydrogen) atoms. The van der Waals surface area contributed by atoms with Crippen LogP contribution in [0.25, 0.3) is 0 Å². The van der Waals surface area contributed by atoms with E-state index >= 15 is 0 Å². The van der Waals surface area contributed by atoms with E-state index in [4.69, 9.17) is 5.11 Å². The molecule has 1 aromatic rings. The van der Waals surface area contributed by atoms with E-state index in [9.17, 15) is 8.78 Å². The van der Waals surface area contributed by atoms with Crippen LogP contribution in [0.1, 0.15) is 12.5 Å². The minimum atomic E-state index is -0.774. The number of hydrogen-bond acceptors (Lipinski definition) is 2. The van der Waals surface area contributed by atoms with E-state index in [0.717, 1.165) is 0 Å². The Morgan fingerprint density at radius 1 is 1.47 bits per heavy atom. The number of hydrogen-bond donors (Lipinski definition) is 1. The van der Waals surface area contributed by atoms with Crippen molar-refractivity contribution in [2.24, 2.45) is 0 Å². The first-order valence-electron chi connectivity index (χ1n) is 4.35. The molecule has 1 N–H and O–H groups in total. The van der Waals surface area contributed by atoms with Crippen LogP contribution < -0.4 is 4.74 Å². The fraction of sp³-hybridized carbons (Fsp3) is 0.400. The number of benzene rings is 1. The van der Waals surface area contributed by atoms with E-state index in [1.807, 2.05) is 0 Å². The van der Waals surface area contributed by atoms with Crippen molar-refractivity contribution in [3.05, 3.63) is 27.7 Å². The van der Waals surface area contributed by atoms with Gasteiger partial charge < -0.3 is 9.84 Å². The Bertz CT molecular complexity index is 367. The van der Waals surface area contributed by atoms with Crippen LogP contribution in [0.2, 0.25) is 0 Å². The second-order valence-corrected chi connectivity index (χ2v) is 4.09. The van der Waals surface area contributed by atoms with Gasteiger partial charge in [0.2, 0.25) is 0 Å². The zero-order valence-corrected chi connectivity index (χ0v) is 9.94. The molecular weight excluding hydrogens is 270 g/mol. The zero-order chi connectivity index (χ0) is 11.6. The van der Waals surface area contributed by atoms with Crippen LogP contribution in [0.4, 0.5) is 8.78 Å². The highest BCUT2D eigenvalue weighted by Gasteiger charge is 2.18. The second kappa shape index (κ2) is 4.90. The van der Waals surface area contributed by atoms with Gasteiger partial charge in [-0.1, -0.05) is 0 Å². The minimum Gasteiger partial charge on any atom is -0.491 e. The first kappa shape index (κ1) is 12.4. The zero-order valence-electron chi connectivity index (χ0n) is 8.35. The van der Waals surface area contributed by atoms with Crippen LogP contribution >= 0.6 is 15.9 Å². The first-order valence-corrected chi connectivity index (χ1v) is 5.15. The van der Waals surface area contributed by atoms with Gasteiger partial charge in [0.25, 0.3) is 0 Å². The molecular formula is C10H11BrF2O2. The molecule has 1 aromatic carbocycles. The Balaban J connectivity index is 3.24. The van der Waals surface area contributed by atoms with Crippen LogP contribution in [-0.4, -0.2) is 18.3 Å². The van der Waals surface area contributed by atoms with E-state index in [-0.39, 0.29) is 16.5 Å². The highest BCUT2D eigenvalue weighted by molar-refractivity contribution is 9.10. The molecule has 0 saturated carbocycles. The van der Waals surface area contributed by atoms with Crippen molar-refractivity contribution in [3.63, 3.8) is 0 Å². The average Bonchev–Trinajstić information content (AvgIpc) is 2.14. The average molecular weight is 281 g/mol. The smallest absolute Gasteiger partial charge is 0.191 e. The summed E-state index contributed by atoms with van der Waals surface area (Å²) in [6, 6.07) is 1.31. The van der Waals surface area contributed by atoms with Crippen LogP contribution in [0.3, 0.4) is 0 Å². The molecule has 0 saturated heterocycles. The number of halogens is 3. The van der Waals surface area contributed by atoms with Crippen molar-refractivity contribution < 1.29 is 18.6 Å². The lowest BCUT2D eigenvalue weighted by Gasteiger charge is -2.11. The lowest BCUT2D eigenvalue weighted by Crippen LogP contribution is -2.08. The molecule has 84 valence electrons. The molecule has 0 radical (unpaired) electrons. The van der Waals surface area contributed by atoms with Crippen molar-refractivity contribution in [1.29, 1.82) is 0 Å². The van der Waals surface area contributed by atoms with E-state index in [2.05, 4.69) is 20.7 Å². The van der Waals surface area contributed by atoms with Gasteiger partial charge >= 0.3 is 0 Å². The fourth-order valence-corrected chi connectivity index (χ4v) is 1.73. The van der Waals surface area contributed by atoms with Gasteiger partial charge in [0, 0.05) is 6.42 Å². The molecule has 0 heterocycles. The Labute approximate surface area is 95.0 Å². The summed E-state index contributed by atoms with van der Waals surface area (Å²) in [5, 5.41) is 9.14. The van der Waals surface area contributed by atoms with E-state index < -0.39 is 23.5 Å². The van der Waals surface area contributed by atoms with E-state index in [1.165, 1.54) is 20.1 Å². The maximum absolute atomic E-state index is 13.6. The van der Waals surface area contributed by atoms with E-state index in [0.29, 0.717) is 0 Å². The fourth-order valence-electron chi connectivity index (χ4n) is 1.28. The van der Waals surface area contributed by atoms with Crippen molar-refractivity contribution in [1.82, 2.24) is 0 Å². The molecule has 1 atom stereocenters. The molecule has 0 fully saturated rings. The molecule has 0 amide bonds. The molecule has 0 aliphatic heterocycles. The van der Waals surface area contributed by atoms with Gasteiger partial charge in [-0.25, -0.2) is 8.78 Å². The second-order valence-electron chi connectivity index (χ2n) is 3.23. The Kier molecular flexibility index (Phi) is 4.04. The summed E-state index contributed by atoms with van der Waals surface area (Å²) in [5.41, 5.74) is 0.218. The third-order valence-electron chi connectivity index (χ3n) is 1.91. The number of rotatable bonds is 3. The van der Waals surface area contributed by atoms with Crippen molar-refractivity contribution >= 4 is 15.9 Å². The van der Waals surface area contributed by atoms with Crippen LogP contribution in [0, 0.1) is 11.6 Å². The molecule has 0 aliphatic carbocycles. The van der Waals surface area contributed by atoms with Gasteiger partial charge in [-0.15, -0.1) is 0 Å². The van der Waals surface area contributed by atoms with Gasteiger partial charge in [0.15, 0.2) is 17.4 Å². The summed E-state index contributed by atoms with van der Waals surface area (Å²) in [6.07, 6.45) is -0.581. The highest BCUT2D eigenvalue weighted by atomic mass is 79.9. The normalized spacial score (nSPS) is 12.7. The molecule has 1 unspecified atom stereocenters. The van der Waals surface area contributed by atoms with Crippen LogP contribution in [0.15, 0.2) is 10.5 Å². The number of methoxy groups -OCH3 is 1. The number of aliphatic hydroxyl groups is 1. The predicted octanol–water partition coefficient (Wildman–Crippen LogP) is 2.66. The quantitative estimate of drug-likeness (QED) is 0.863. The molecule has 0 spiro atoms. The molecule has 0 aliphatic rings. The lowest BCUT2D eigenvalue weighted by molar-refractivity contribution is 0.193. The van der Waals surface area contributed by atoms with Gasteiger partial charge in [-0.3, -0.25) is 0 Å². The maximum atomic E-state index is 13.6. The monoisotopic (exact) mass is 280 g/mol. The third kappa shape index (κ3) is 2.66. The molecule has 1 rings (SSSR count). The summed E-state index contributed by atoms with van der Waals surface area (Å²) < 4.78 is 31.6. The first-order chi connectivity index (χ1) is 6.97. The van der Waals surface area contributed by atoms with Crippen molar-refractivity contribution in [3.8, 4) is 5.75 Å². The van der Waals surface area contributed by atoms with Crippen molar-refractivity contribution in [2.75, 3.05) is 7.11 Å². The molecule has 2 nitrogen and oxygen atoms in total. The van der Waals surface area contributed by atoms with Gasteiger partial charge in [-0.2, -0.15) is 0 Å². The summed E-state index contributed by atoms with van der Waals surface area (Å²) >= 11 is 2.96. The Morgan fingerprint density at radius 2 is 2.07 bits per heavy atom. The predicted molar refractivity (Wildman–Crippen MR) is 56.0 cm³/mol. The molecule has 0 aromatic heterocycles. The maximum Gasteiger partial charge on any atom is 0.191 e. The highest BCUT2D eigenvalue weighted by Crippen LogP contribution is 2.31. The third-order valence-corrected chi connectivity index (χ3v) is 2.49. The summed E-state index contributed by atoms with van der Waals surface area (Å²) in [6.45, 7) is 1.53. The van der Waals surface area contributed by atoms with E-state index in [1.54, 1.807) is 0 Å². The standard InChI is InChI=1S/C10H11BrF2O2/c1-5(14)3-6-4-7(11)9(13)10(15-2)8(6)12/h4-5,14H,3H2,1-2H3. The topological polar surface area (TPSA) is 29.5 Å². The molecule has 5 heteroatoms. The van der Waals surface area contributed by atoms with Crippen LogP contribution in [-0.2, 0) is 6.42 Å². The van der Waals surface area contributed by atoms with Gasteiger partial charge in [0.1, 0.15) is 0 Å². The minimum absolute atomic E-state index is 0.112. The number of aliphatic hydroxyl groups excluding tert-OH is 1. The summed E-state index contributed by atoms with van der Waals surface area (Å²) in [5.74, 6) is -1.97. The largest absolute Gasteiger partial charge is 0.491 e. The Hall–Kier alpha value is -0.680. The SMILES string of the molecule is COc1c(F)c(Br)cc(CC(C)O)c1F. The molecule has 0 bridgehead atoms. The van der Waals surface area contributed by atoms with Gasteiger partial charge in [-0.05, 0) is 34.5 Å². The summed E-state index contributed by atoms with van der Waals surface area (Å²) in [7, 11) is 1.19. The van der Waals surface area contributed by atoms with Gasteiger partial charge in [0.05, 0.1) is 17.7 Å². The number of ether oxygens (including phenoxy) is 1. The summed E-state index contributed by atoms with van der Waals surface area (Å²) in [4.78, 5) is 0. The van der Waals surface area contributed by atoms with Crippen LogP contribution in [0.5, 0.6) is 5.75 Å².